The number of hydrogen-bond donors (Lipinski definition) is 3. The molecule has 1 aromatic heterocycles. The summed E-state index contributed by atoms with van der Waals surface area (Å²) >= 11 is 0.646. The van der Waals surface area contributed by atoms with Gasteiger partial charge in [0.25, 0.3) is 5.91 Å². The Morgan fingerprint density at radius 3 is 2.29 bits per heavy atom. The van der Waals surface area contributed by atoms with Gasteiger partial charge in [0.1, 0.15) is 5.01 Å². The molecule has 6 nitrogen and oxygen atoms in total. The Kier molecular flexibility index (Phi) is 5.34. The molecule has 1 heterocycles. The second-order valence-electron chi connectivity index (χ2n) is 5.89. The zero-order valence-corrected chi connectivity index (χ0v) is 15.0. The van der Waals surface area contributed by atoms with Crippen LogP contribution in [0, 0.1) is 0 Å². The molecule has 0 unspecified atom stereocenters. The van der Waals surface area contributed by atoms with Crippen molar-refractivity contribution >= 4 is 33.4 Å². The third-order valence-corrected chi connectivity index (χ3v) is 5.07. The summed E-state index contributed by atoms with van der Waals surface area (Å²) in [6.07, 6.45) is -6.51. The van der Waals surface area contributed by atoms with Crippen molar-refractivity contribution in [3.05, 3.63) is 65.2 Å². The lowest BCUT2D eigenvalue weighted by Gasteiger charge is -2.27. The Hall–Kier alpha value is -2.98. The number of para-hydroxylation sites is 1. The van der Waals surface area contributed by atoms with E-state index >= 15 is 0 Å². The minimum absolute atomic E-state index is 0.208. The summed E-state index contributed by atoms with van der Waals surface area (Å²) in [7, 11) is 0. The molecule has 0 spiro atoms. The van der Waals surface area contributed by atoms with E-state index in [4.69, 9.17) is 0 Å². The van der Waals surface area contributed by atoms with Gasteiger partial charge in [0, 0.05) is 5.56 Å². The Morgan fingerprint density at radius 1 is 1.00 bits per heavy atom. The summed E-state index contributed by atoms with van der Waals surface area (Å²) in [6.45, 7) is 0. The van der Waals surface area contributed by atoms with Crippen LogP contribution in [0.25, 0.3) is 10.2 Å². The number of carbonyl (C=O) groups excluding carboxylic acids is 2. The van der Waals surface area contributed by atoms with E-state index in [9.17, 15) is 27.9 Å². The maximum absolute atomic E-state index is 13.6. The zero-order valence-electron chi connectivity index (χ0n) is 14.2. The summed E-state index contributed by atoms with van der Waals surface area (Å²) in [5, 5.41) is 9.67. The fourth-order valence-corrected chi connectivity index (χ4v) is 3.48. The van der Waals surface area contributed by atoms with Gasteiger partial charge < -0.3 is 5.11 Å². The quantitative estimate of drug-likeness (QED) is 0.578. The lowest BCUT2D eigenvalue weighted by molar-refractivity contribution is -0.267. The number of benzene rings is 2. The predicted molar refractivity (Wildman–Crippen MR) is 96.2 cm³/mol. The highest BCUT2D eigenvalue weighted by Crippen LogP contribution is 2.44. The average molecular weight is 409 g/mol. The highest BCUT2D eigenvalue weighted by atomic mass is 32.1. The Labute approximate surface area is 161 Å². The van der Waals surface area contributed by atoms with Gasteiger partial charge in [-0.25, -0.2) is 4.98 Å². The summed E-state index contributed by atoms with van der Waals surface area (Å²) in [5.74, 6) is -1.92. The normalized spacial score (nSPS) is 13.7. The molecule has 0 fully saturated rings. The molecule has 2 amide bonds. The number of aliphatic hydroxyl groups is 1. The van der Waals surface area contributed by atoms with Gasteiger partial charge in [-0.15, -0.1) is 11.3 Å². The molecule has 3 aromatic rings. The number of nitrogens with zero attached hydrogens (tertiary/aromatic N) is 1. The number of hydrogen-bond acceptors (Lipinski definition) is 5. The number of carbonyl (C=O) groups is 2. The number of halogens is 3. The lowest BCUT2D eigenvalue weighted by atomic mass is 9.99. The monoisotopic (exact) mass is 409 g/mol. The summed E-state index contributed by atoms with van der Waals surface area (Å²) in [5.41, 5.74) is 0.909. The van der Waals surface area contributed by atoms with E-state index in [1.165, 1.54) is 18.2 Å². The second kappa shape index (κ2) is 7.56. The Bertz CT molecular complexity index is 974. The van der Waals surface area contributed by atoms with E-state index in [0.717, 1.165) is 0 Å². The number of thiazole rings is 1. The molecule has 0 bridgehead atoms. The molecular weight excluding hydrogens is 395 g/mol. The Balaban J connectivity index is 1.77. The molecule has 0 aliphatic carbocycles. The molecule has 28 heavy (non-hydrogen) atoms. The summed E-state index contributed by atoms with van der Waals surface area (Å²) < 4.78 is 41.2. The fraction of sp³-hybridized carbons (Fsp3) is 0.167. The van der Waals surface area contributed by atoms with Gasteiger partial charge in [0.15, 0.2) is 0 Å². The lowest BCUT2D eigenvalue weighted by Crippen LogP contribution is -2.49. The molecule has 0 saturated heterocycles. The SMILES string of the molecule is O=C(C[C@](O)(c1nc2ccccc2s1)C(F)(F)F)NNC(=O)c1ccccc1. The number of alkyl halides is 3. The van der Waals surface area contributed by atoms with Crippen molar-refractivity contribution in [1.82, 2.24) is 15.8 Å². The van der Waals surface area contributed by atoms with Crippen LogP contribution in [0.1, 0.15) is 21.8 Å². The number of aromatic nitrogens is 1. The van der Waals surface area contributed by atoms with Gasteiger partial charge >= 0.3 is 6.18 Å². The smallest absolute Gasteiger partial charge is 0.374 e. The van der Waals surface area contributed by atoms with Crippen molar-refractivity contribution in [1.29, 1.82) is 0 Å². The highest BCUT2D eigenvalue weighted by Gasteiger charge is 2.58. The van der Waals surface area contributed by atoms with E-state index in [0.29, 0.717) is 16.0 Å². The first-order valence-electron chi connectivity index (χ1n) is 8.00. The number of hydrazine groups is 1. The number of nitrogens with one attached hydrogen (secondary N) is 2. The van der Waals surface area contributed by atoms with Crippen LogP contribution in [0.3, 0.4) is 0 Å². The van der Waals surface area contributed by atoms with Crippen LogP contribution in [0.15, 0.2) is 54.6 Å². The minimum atomic E-state index is -5.15. The number of rotatable bonds is 4. The average Bonchev–Trinajstić information content (AvgIpc) is 3.10. The van der Waals surface area contributed by atoms with Crippen LogP contribution in [0.2, 0.25) is 0 Å². The van der Waals surface area contributed by atoms with Gasteiger partial charge in [0.2, 0.25) is 11.5 Å². The van der Waals surface area contributed by atoms with Crippen molar-refractivity contribution in [2.45, 2.75) is 18.2 Å². The molecule has 1 atom stereocenters. The predicted octanol–water partition coefficient (Wildman–Crippen LogP) is 2.90. The molecule has 2 aromatic carbocycles. The van der Waals surface area contributed by atoms with Gasteiger partial charge in [-0.05, 0) is 24.3 Å². The standard InChI is InChI=1S/C18H14F3N3O3S/c19-18(20,21)17(27,16-22-12-8-4-5-9-13(12)28-16)10-14(25)23-24-15(26)11-6-2-1-3-7-11/h1-9,27H,10H2,(H,23,25)(H,24,26)/t17-/m0/s1. The third-order valence-electron chi connectivity index (χ3n) is 3.88. The van der Waals surface area contributed by atoms with E-state index in [2.05, 4.69) is 4.98 Å². The van der Waals surface area contributed by atoms with Gasteiger partial charge in [0.05, 0.1) is 16.6 Å². The van der Waals surface area contributed by atoms with Crippen molar-refractivity contribution in [3.63, 3.8) is 0 Å². The summed E-state index contributed by atoms with van der Waals surface area (Å²) in [6, 6.07) is 14.1. The second-order valence-corrected chi connectivity index (χ2v) is 6.92. The molecule has 10 heteroatoms. The zero-order chi connectivity index (χ0) is 20.4. The topological polar surface area (TPSA) is 91.3 Å². The van der Waals surface area contributed by atoms with E-state index in [1.54, 1.807) is 36.4 Å². The van der Waals surface area contributed by atoms with Gasteiger partial charge in [-0.3, -0.25) is 20.4 Å². The largest absolute Gasteiger partial charge is 0.424 e. The molecule has 0 aliphatic heterocycles. The van der Waals surface area contributed by atoms with Crippen molar-refractivity contribution in [3.8, 4) is 0 Å². The molecular formula is C18H14F3N3O3S. The van der Waals surface area contributed by atoms with Crippen molar-refractivity contribution < 1.29 is 27.9 Å². The molecule has 0 radical (unpaired) electrons. The molecule has 146 valence electrons. The van der Waals surface area contributed by atoms with E-state index < -0.39 is 35.0 Å². The first kappa shape index (κ1) is 19.8. The minimum Gasteiger partial charge on any atom is -0.374 e. The molecule has 0 aliphatic rings. The molecule has 3 rings (SSSR count). The van der Waals surface area contributed by atoms with Crippen LogP contribution in [-0.4, -0.2) is 28.1 Å². The first-order chi connectivity index (χ1) is 13.2. The van der Waals surface area contributed by atoms with Crippen LogP contribution in [0.4, 0.5) is 13.2 Å². The molecule has 3 N–H and O–H groups in total. The van der Waals surface area contributed by atoms with Crippen LogP contribution >= 0.6 is 11.3 Å². The van der Waals surface area contributed by atoms with Crippen molar-refractivity contribution in [2.24, 2.45) is 0 Å². The fourth-order valence-electron chi connectivity index (χ4n) is 2.41. The first-order valence-corrected chi connectivity index (χ1v) is 8.82. The van der Waals surface area contributed by atoms with Gasteiger partial charge in [-0.2, -0.15) is 13.2 Å². The summed E-state index contributed by atoms with van der Waals surface area (Å²) in [4.78, 5) is 27.7. The maximum Gasteiger partial charge on any atom is 0.424 e. The molecule has 0 saturated carbocycles. The van der Waals surface area contributed by atoms with Crippen LogP contribution < -0.4 is 10.9 Å². The van der Waals surface area contributed by atoms with Crippen molar-refractivity contribution in [2.75, 3.05) is 0 Å². The number of amides is 2. The Morgan fingerprint density at radius 2 is 1.64 bits per heavy atom. The van der Waals surface area contributed by atoms with E-state index in [-0.39, 0.29) is 11.1 Å². The number of fused-ring (bicyclic) bond motifs is 1. The van der Waals surface area contributed by atoms with E-state index in [1.807, 2.05) is 10.9 Å². The van der Waals surface area contributed by atoms with Gasteiger partial charge in [-0.1, -0.05) is 30.3 Å². The maximum atomic E-state index is 13.6. The van der Waals surface area contributed by atoms with Crippen LogP contribution in [-0.2, 0) is 10.4 Å². The highest BCUT2D eigenvalue weighted by molar-refractivity contribution is 7.18. The third kappa shape index (κ3) is 3.97. The van der Waals surface area contributed by atoms with Crippen LogP contribution in [0.5, 0.6) is 0 Å².